The van der Waals surface area contributed by atoms with Gasteiger partial charge in [0.1, 0.15) is 5.83 Å². The largest absolute Gasteiger partial charge is 0.208 e. The first-order chi connectivity index (χ1) is 5.52. The molecule has 0 fully saturated rings. The molecule has 0 aromatic carbocycles. The Balaban J connectivity index is 2.84. The van der Waals surface area contributed by atoms with Crippen LogP contribution in [0.2, 0.25) is 0 Å². The Bertz CT molecular complexity index is 238. The third-order valence-electron chi connectivity index (χ3n) is 2.08. The van der Waals surface area contributed by atoms with E-state index in [1.165, 1.54) is 0 Å². The highest BCUT2D eigenvalue weighted by Gasteiger charge is 2.24. The molecule has 0 aromatic heterocycles. The second-order valence-corrected chi connectivity index (χ2v) is 3.35. The van der Waals surface area contributed by atoms with Crippen molar-refractivity contribution in [2.45, 2.75) is 20.3 Å². The Morgan fingerprint density at radius 3 is 2.33 bits per heavy atom. The molecule has 0 radical (unpaired) electrons. The van der Waals surface area contributed by atoms with E-state index in [4.69, 9.17) is 0 Å². The monoisotopic (exact) mass is 176 g/mol. The van der Waals surface area contributed by atoms with Gasteiger partial charge in [-0.25, -0.2) is 13.2 Å². The molecule has 0 N–H and O–H groups in total. The molecule has 1 rings (SSSR count). The summed E-state index contributed by atoms with van der Waals surface area (Å²) in [6.07, 6.45) is 1.14. The van der Waals surface area contributed by atoms with E-state index >= 15 is 0 Å². The predicted octanol–water partition coefficient (Wildman–Crippen LogP) is 3.67. The van der Waals surface area contributed by atoms with Gasteiger partial charge in [0.25, 0.3) is 0 Å². The zero-order chi connectivity index (χ0) is 9.30. The molecular weight excluding hydrogens is 165 g/mol. The SMILES string of the molecule is CC(C)C1C=C(F)C(F)=C(F)C1. The van der Waals surface area contributed by atoms with Crippen LogP contribution in [0.5, 0.6) is 0 Å². The van der Waals surface area contributed by atoms with Crippen molar-refractivity contribution in [3.05, 3.63) is 23.6 Å². The number of allylic oxidation sites excluding steroid dienone is 4. The van der Waals surface area contributed by atoms with E-state index in [2.05, 4.69) is 0 Å². The molecule has 12 heavy (non-hydrogen) atoms. The molecule has 0 saturated carbocycles. The molecule has 1 aliphatic rings. The van der Waals surface area contributed by atoms with Gasteiger partial charge in [-0.05, 0) is 17.9 Å². The molecule has 0 spiro atoms. The molecule has 1 unspecified atom stereocenters. The van der Waals surface area contributed by atoms with Crippen molar-refractivity contribution in [2.24, 2.45) is 11.8 Å². The lowest BCUT2D eigenvalue weighted by Gasteiger charge is -2.19. The molecule has 0 nitrogen and oxygen atoms in total. The minimum Gasteiger partial charge on any atom is -0.208 e. The van der Waals surface area contributed by atoms with Crippen LogP contribution in [0.1, 0.15) is 20.3 Å². The van der Waals surface area contributed by atoms with Crippen LogP contribution in [0.4, 0.5) is 13.2 Å². The van der Waals surface area contributed by atoms with Crippen molar-refractivity contribution < 1.29 is 13.2 Å². The average molecular weight is 176 g/mol. The van der Waals surface area contributed by atoms with Gasteiger partial charge in [0.15, 0.2) is 11.7 Å². The second kappa shape index (κ2) is 3.33. The van der Waals surface area contributed by atoms with Gasteiger partial charge >= 0.3 is 0 Å². The standard InChI is InChI=1S/C9H11F3/c1-5(2)6-3-7(10)9(12)8(11)4-6/h3,5-6H,4H2,1-2H3. The summed E-state index contributed by atoms with van der Waals surface area (Å²) in [5.74, 6) is -3.43. The van der Waals surface area contributed by atoms with Crippen molar-refractivity contribution >= 4 is 0 Å². The number of hydrogen-bond acceptors (Lipinski definition) is 0. The Hall–Kier alpha value is -0.730. The van der Waals surface area contributed by atoms with E-state index in [0.29, 0.717) is 0 Å². The number of halogens is 3. The predicted molar refractivity (Wildman–Crippen MR) is 41.4 cm³/mol. The highest BCUT2D eigenvalue weighted by molar-refractivity contribution is 5.27. The van der Waals surface area contributed by atoms with Crippen molar-refractivity contribution in [3.8, 4) is 0 Å². The third-order valence-corrected chi connectivity index (χ3v) is 2.08. The zero-order valence-electron chi connectivity index (χ0n) is 7.07. The summed E-state index contributed by atoms with van der Waals surface area (Å²) < 4.78 is 37.8. The molecule has 1 aliphatic carbocycles. The van der Waals surface area contributed by atoms with Crippen LogP contribution in [0.3, 0.4) is 0 Å². The van der Waals surface area contributed by atoms with E-state index in [0.717, 1.165) is 6.08 Å². The maximum Gasteiger partial charge on any atom is 0.189 e. The fourth-order valence-corrected chi connectivity index (χ4v) is 1.17. The summed E-state index contributed by atoms with van der Waals surface area (Å²) in [7, 11) is 0. The van der Waals surface area contributed by atoms with Crippen LogP contribution in [-0.4, -0.2) is 0 Å². The van der Waals surface area contributed by atoms with Crippen LogP contribution in [0.25, 0.3) is 0 Å². The van der Waals surface area contributed by atoms with Crippen molar-refractivity contribution in [3.63, 3.8) is 0 Å². The maximum absolute atomic E-state index is 12.7. The van der Waals surface area contributed by atoms with Gasteiger partial charge < -0.3 is 0 Å². The molecule has 0 aliphatic heterocycles. The topological polar surface area (TPSA) is 0 Å². The summed E-state index contributed by atoms with van der Waals surface area (Å²) in [5.41, 5.74) is 0. The van der Waals surface area contributed by atoms with Crippen LogP contribution in [-0.2, 0) is 0 Å². The number of hydrogen-bond donors (Lipinski definition) is 0. The fourth-order valence-electron chi connectivity index (χ4n) is 1.17. The molecule has 3 heteroatoms. The highest BCUT2D eigenvalue weighted by atomic mass is 19.2. The lowest BCUT2D eigenvalue weighted by Crippen LogP contribution is -2.10. The van der Waals surface area contributed by atoms with Crippen LogP contribution >= 0.6 is 0 Å². The van der Waals surface area contributed by atoms with E-state index in [9.17, 15) is 13.2 Å². The van der Waals surface area contributed by atoms with Crippen LogP contribution < -0.4 is 0 Å². The van der Waals surface area contributed by atoms with Crippen molar-refractivity contribution in [1.82, 2.24) is 0 Å². The van der Waals surface area contributed by atoms with E-state index in [-0.39, 0.29) is 18.3 Å². The fraction of sp³-hybridized carbons (Fsp3) is 0.556. The Kier molecular flexibility index (Phi) is 2.60. The first-order valence-electron chi connectivity index (χ1n) is 3.94. The minimum absolute atomic E-state index is 0.0169. The second-order valence-electron chi connectivity index (χ2n) is 3.35. The molecule has 0 saturated heterocycles. The molecule has 0 bridgehead atoms. The van der Waals surface area contributed by atoms with E-state index in [1.807, 2.05) is 13.8 Å². The molecule has 1 atom stereocenters. The molecular formula is C9H11F3. The molecule has 0 aromatic rings. The summed E-state index contributed by atoms with van der Waals surface area (Å²) in [6, 6.07) is 0. The van der Waals surface area contributed by atoms with Crippen molar-refractivity contribution in [2.75, 3.05) is 0 Å². The minimum atomic E-state index is -1.33. The normalized spacial score (nSPS) is 24.8. The highest BCUT2D eigenvalue weighted by Crippen LogP contribution is 2.34. The lowest BCUT2D eigenvalue weighted by atomic mass is 9.88. The number of rotatable bonds is 1. The maximum atomic E-state index is 12.7. The summed E-state index contributed by atoms with van der Waals surface area (Å²) in [6.45, 7) is 3.70. The first kappa shape index (κ1) is 9.36. The Labute approximate surface area is 69.8 Å². The lowest BCUT2D eigenvalue weighted by molar-refractivity contribution is 0.371. The van der Waals surface area contributed by atoms with Gasteiger partial charge in [-0.1, -0.05) is 13.8 Å². The van der Waals surface area contributed by atoms with Gasteiger partial charge in [-0.2, -0.15) is 0 Å². The average Bonchev–Trinajstić information content (AvgIpc) is 1.99. The smallest absolute Gasteiger partial charge is 0.189 e. The Morgan fingerprint density at radius 2 is 1.92 bits per heavy atom. The zero-order valence-corrected chi connectivity index (χ0v) is 7.07. The first-order valence-corrected chi connectivity index (χ1v) is 3.94. The molecule has 0 heterocycles. The summed E-state index contributed by atoms with van der Waals surface area (Å²) in [5, 5.41) is 0. The van der Waals surface area contributed by atoms with Gasteiger partial charge in [0, 0.05) is 6.42 Å². The summed E-state index contributed by atoms with van der Waals surface area (Å²) >= 11 is 0. The van der Waals surface area contributed by atoms with Crippen LogP contribution in [0, 0.1) is 11.8 Å². The van der Waals surface area contributed by atoms with Gasteiger partial charge in [-0.3, -0.25) is 0 Å². The van der Waals surface area contributed by atoms with Gasteiger partial charge in [0.2, 0.25) is 0 Å². The van der Waals surface area contributed by atoms with E-state index < -0.39 is 17.5 Å². The Morgan fingerprint density at radius 1 is 1.33 bits per heavy atom. The summed E-state index contributed by atoms with van der Waals surface area (Å²) in [4.78, 5) is 0. The van der Waals surface area contributed by atoms with Crippen molar-refractivity contribution in [1.29, 1.82) is 0 Å². The molecule has 0 amide bonds. The third kappa shape index (κ3) is 1.71. The quantitative estimate of drug-likeness (QED) is 0.571. The molecule has 68 valence electrons. The van der Waals surface area contributed by atoms with Crippen LogP contribution in [0.15, 0.2) is 23.6 Å². The van der Waals surface area contributed by atoms with Gasteiger partial charge in [-0.15, -0.1) is 0 Å². The van der Waals surface area contributed by atoms with E-state index in [1.54, 1.807) is 0 Å². The van der Waals surface area contributed by atoms with Gasteiger partial charge in [0.05, 0.1) is 0 Å².